The van der Waals surface area contributed by atoms with Crippen molar-refractivity contribution in [2.24, 2.45) is 0 Å². The largest absolute Gasteiger partial charge is 0.573 e. The second-order valence-electron chi connectivity index (χ2n) is 3.11. The number of nitrogen functional groups attached to an aromatic ring is 1. The van der Waals surface area contributed by atoms with Gasteiger partial charge in [0.1, 0.15) is 11.6 Å². The van der Waals surface area contributed by atoms with E-state index in [1.54, 1.807) is 6.07 Å². The van der Waals surface area contributed by atoms with E-state index in [-0.39, 0.29) is 17.0 Å². The third kappa shape index (κ3) is 2.16. The van der Waals surface area contributed by atoms with Gasteiger partial charge in [-0.05, 0) is 24.3 Å². The lowest BCUT2D eigenvalue weighted by Crippen LogP contribution is -2.17. The minimum atomic E-state index is -4.71. The molecule has 16 heavy (non-hydrogen) atoms. The van der Waals surface area contributed by atoms with Crippen LogP contribution >= 0.6 is 0 Å². The first-order valence-corrected chi connectivity index (χ1v) is 4.37. The number of halogens is 3. The van der Waals surface area contributed by atoms with E-state index in [0.717, 1.165) is 0 Å². The average Bonchev–Trinajstić information content (AvgIpc) is 2.15. The Bertz CT molecular complexity index is 525. The van der Waals surface area contributed by atoms with Gasteiger partial charge in [0.2, 0.25) is 0 Å². The van der Waals surface area contributed by atoms with Gasteiger partial charge in [-0.25, -0.2) is 4.98 Å². The fraction of sp³-hybridized carbons (Fsp3) is 0.100. The van der Waals surface area contributed by atoms with Crippen molar-refractivity contribution in [3.63, 3.8) is 0 Å². The first kappa shape index (κ1) is 10.5. The van der Waals surface area contributed by atoms with Gasteiger partial charge in [-0.2, -0.15) is 0 Å². The summed E-state index contributed by atoms with van der Waals surface area (Å²) in [6.45, 7) is 0. The molecule has 0 spiro atoms. The van der Waals surface area contributed by atoms with Gasteiger partial charge in [-0.15, -0.1) is 13.2 Å². The van der Waals surface area contributed by atoms with Crippen LogP contribution in [-0.2, 0) is 0 Å². The van der Waals surface area contributed by atoms with E-state index in [4.69, 9.17) is 5.73 Å². The smallest absolute Gasteiger partial charge is 0.405 e. The van der Waals surface area contributed by atoms with Crippen molar-refractivity contribution in [2.75, 3.05) is 5.73 Å². The molecule has 0 unspecified atom stereocenters. The highest BCUT2D eigenvalue weighted by Gasteiger charge is 2.31. The summed E-state index contributed by atoms with van der Waals surface area (Å²) in [4.78, 5) is 3.90. The monoisotopic (exact) mass is 228 g/mol. The molecule has 2 rings (SSSR count). The number of aromatic nitrogens is 1. The van der Waals surface area contributed by atoms with E-state index in [2.05, 4.69) is 9.72 Å². The van der Waals surface area contributed by atoms with E-state index in [9.17, 15) is 13.2 Å². The van der Waals surface area contributed by atoms with E-state index < -0.39 is 6.36 Å². The number of hydrogen-bond acceptors (Lipinski definition) is 3. The quantitative estimate of drug-likeness (QED) is 0.816. The van der Waals surface area contributed by atoms with Gasteiger partial charge >= 0.3 is 6.36 Å². The predicted octanol–water partition coefficient (Wildman–Crippen LogP) is 2.72. The van der Waals surface area contributed by atoms with Crippen LogP contribution in [0.2, 0.25) is 0 Å². The van der Waals surface area contributed by atoms with E-state index in [1.807, 2.05) is 0 Å². The van der Waals surface area contributed by atoms with Crippen molar-refractivity contribution >= 4 is 16.7 Å². The van der Waals surface area contributed by atoms with Crippen molar-refractivity contribution in [1.29, 1.82) is 0 Å². The number of hydrogen-bond donors (Lipinski definition) is 1. The number of pyridine rings is 1. The molecule has 6 heteroatoms. The van der Waals surface area contributed by atoms with Gasteiger partial charge in [-0.1, -0.05) is 6.07 Å². The molecule has 1 aromatic carbocycles. The molecule has 1 heterocycles. The third-order valence-corrected chi connectivity index (χ3v) is 1.94. The zero-order valence-corrected chi connectivity index (χ0v) is 7.95. The molecular formula is C10H7F3N2O. The maximum atomic E-state index is 12.1. The molecule has 0 bridgehead atoms. The Kier molecular flexibility index (Phi) is 2.34. The van der Waals surface area contributed by atoms with E-state index in [1.165, 1.54) is 24.3 Å². The van der Waals surface area contributed by atoms with Crippen LogP contribution in [0.3, 0.4) is 0 Å². The number of nitrogens with zero attached hydrogens (tertiary/aromatic N) is 1. The van der Waals surface area contributed by atoms with Crippen LogP contribution in [0.5, 0.6) is 5.75 Å². The molecule has 2 N–H and O–H groups in total. The Morgan fingerprint density at radius 3 is 2.56 bits per heavy atom. The number of alkyl halides is 3. The van der Waals surface area contributed by atoms with Crippen LogP contribution in [0.15, 0.2) is 30.3 Å². The highest BCUT2D eigenvalue weighted by Crippen LogP contribution is 2.29. The van der Waals surface area contributed by atoms with Crippen LogP contribution in [0.1, 0.15) is 0 Å². The molecule has 1 aromatic heterocycles. The molecule has 3 nitrogen and oxygen atoms in total. The summed E-state index contributed by atoms with van der Waals surface area (Å²) in [6, 6.07) is 7.09. The second-order valence-corrected chi connectivity index (χ2v) is 3.11. The second kappa shape index (κ2) is 3.55. The maximum Gasteiger partial charge on any atom is 0.573 e. The van der Waals surface area contributed by atoms with Gasteiger partial charge < -0.3 is 10.5 Å². The molecular weight excluding hydrogens is 221 g/mol. The summed E-state index contributed by atoms with van der Waals surface area (Å²) in [7, 11) is 0. The maximum absolute atomic E-state index is 12.1. The van der Waals surface area contributed by atoms with Gasteiger partial charge in [0.25, 0.3) is 0 Å². The van der Waals surface area contributed by atoms with Crippen molar-refractivity contribution in [2.45, 2.75) is 6.36 Å². The SMILES string of the molecule is Nc1ccc2c(OC(F)(F)F)cccc2n1. The fourth-order valence-electron chi connectivity index (χ4n) is 1.36. The Morgan fingerprint density at radius 2 is 1.88 bits per heavy atom. The number of anilines is 1. The Labute approximate surface area is 88.6 Å². The van der Waals surface area contributed by atoms with Crippen LogP contribution in [0, 0.1) is 0 Å². The minimum Gasteiger partial charge on any atom is -0.405 e. The number of benzene rings is 1. The lowest BCUT2D eigenvalue weighted by Gasteiger charge is -2.10. The lowest BCUT2D eigenvalue weighted by molar-refractivity contribution is -0.274. The van der Waals surface area contributed by atoms with Crippen molar-refractivity contribution in [3.05, 3.63) is 30.3 Å². The minimum absolute atomic E-state index is 0.247. The third-order valence-electron chi connectivity index (χ3n) is 1.94. The Balaban J connectivity index is 2.54. The first-order chi connectivity index (χ1) is 7.46. The first-order valence-electron chi connectivity index (χ1n) is 4.37. The van der Waals surface area contributed by atoms with Crippen molar-refractivity contribution < 1.29 is 17.9 Å². The molecule has 0 aliphatic heterocycles. The highest BCUT2D eigenvalue weighted by atomic mass is 19.4. The van der Waals surface area contributed by atoms with Gasteiger partial charge in [0, 0.05) is 5.39 Å². The summed E-state index contributed by atoms with van der Waals surface area (Å²) in [5.41, 5.74) is 5.79. The number of nitrogens with two attached hydrogens (primary N) is 1. The van der Waals surface area contributed by atoms with Crippen LogP contribution < -0.4 is 10.5 Å². The summed E-state index contributed by atoms with van der Waals surface area (Å²) in [6.07, 6.45) is -4.71. The topological polar surface area (TPSA) is 48.1 Å². The Morgan fingerprint density at radius 1 is 1.12 bits per heavy atom. The summed E-state index contributed by atoms with van der Waals surface area (Å²) < 4.78 is 40.1. The van der Waals surface area contributed by atoms with Gasteiger partial charge in [0.15, 0.2) is 0 Å². The number of ether oxygens (including phenoxy) is 1. The lowest BCUT2D eigenvalue weighted by atomic mass is 10.2. The molecule has 0 atom stereocenters. The molecule has 0 radical (unpaired) electrons. The molecule has 0 saturated carbocycles. The van der Waals surface area contributed by atoms with E-state index >= 15 is 0 Å². The molecule has 2 aromatic rings. The van der Waals surface area contributed by atoms with Crippen molar-refractivity contribution in [3.8, 4) is 5.75 Å². The van der Waals surface area contributed by atoms with Gasteiger partial charge in [0.05, 0.1) is 5.52 Å². The molecule has 84 valence electrons. The average molecular weight is 228 g/mol. The summed E-state index contributed by atoms with van der Waals surface area (Å²) in [5.74, 6) is -0.0332. The molecule has 0 fully saturated rings. The summed E-state index contributed by atoms with van der Waals surface area (Å²) >= 11 is 0. The Hall–Kier alpha value is -1.98. The normalized spacial score (nSPS) is 11.7. The summed E-state index contributed by atoms with van der Waals surface area (Å²) in [5, 5.41) is 0.272. The number of rotatable bonds is 1. The molecule has 0 saturated heterocycles. The van der Waals surface area contributed by atoms with Gasteiger partial charge in [-0.3, -0.25) is 0 Å². The van der Waals surface area contributed by atoms with Crippen LogP contribution in [0.25, 0.3) is 10.9 Å². The predicted molar refractivity (Wildman–Crippen MR) is 52.8 cm³/mol. The zero-order chi connectivity index (χ0) is 11.8. The fourth-order valence-corrected chi connectivity index (χ4v) is 1.36. The molecule has 0 aliphatic carbocycles. The zero-order valence-electron chi connectivity index (χ0n) is 7.95. The highest BCUT2D eigenvalue weighted by molar-refractivity contribution is 5.86. The molecule has 0 aliphatic rings. The van der Waals surface area contributed by atoms with Crippen LogP contribution in [-0.4, -0.2) is 11.3 Å². The molecule has 0 amide bonds. The van der Waals surface area contributed by atoms with Crippen molar-refractivity contribution in [1.82, 2.24) is 4.98 Å². The van der Waals surface area contributed by atoms with Crippen LogP contribution in [0.4, 0.5) is 19.0 Å². The van der Waals surface area contributed by atoms with E-state index in [0.29, 0.717) is 5.52 Å². The number of fused-ring (bicyclic) bond motifs is 1. The standard InChI is InChI=1S/C10H7F3N2O/c11-10(12,13)16-8-3-1-2-7-6(8)4-5-9(14)15-7/h1-5H,(H2,14,15).